The van der Waals surface area contributed by atoms with Crippen LogP contribution in [0.2, 0.25) is 0 Å². The van der Waals surface area contributed by atoms with Gasteiger partial charge in [-0.1, -0.05) is 6.07 Å². The number of hydrogen-bond acceptors (Lipinski definition) is 5. The Bertz CT molecular complexity index is 522. The fraction of sp³-hybridized carbons (Fsp3) is 0.571. The van der Waals surface area contributed by atoms with Gasteiger partial charge in [0, 0.05) is 25.6 Å². The van der Waals surface area contributed by atoms with E-state index in [1.54, 1.807) is 12.1 Å². The van der Waals surface area contributed by atoms with Crippen LogP contribution in [-0.4, -0.2) is 47.8 Å². The number of carbonyl (C=O) groups excluding carboxylic acids is 1. The smallest absolute Gasteiger partial charge is 0.267 e. The number of carbonyl (C=O) groups is 1. The number of anilines is 1. The number of aliphatic hydroxyl groups is 1. The second-order valence-electron chi connectivity index (χ2n) is 5.70. The van der Waals surface area contributed by atoms with Crippen LogP contribution < -0.4 is 16.0 Å². The zero-order valence-corrected chi connectivity index (χ0v) is 11.4. The lowest BCUT2D eigenvalue weighted by atomic mass is 9.76. The first kappa shape index (κ1) is 13.3. The van der Waals surface area contributed by atoms with Crippen molar-refractivity contribution in [3.8, 4) is 0 Å². The summed E-state index contributed by atoms with van der Waals surface area (Å²) in [6, 6.07) is 5.30. The van der Waals surface area contributed by atoms with E-state index in [0.29, 0.717) is 0 Å². The van der Waals surface area contributed by atoms with E-state index in [0.717, 1.165) is 44.8 Å². The molecule has 0 aliphatic carbocycles. The summed E-state index contributed by atoms with van der Waals surface area (Å²) in [6.45, 7) is 3.20. The Hall–Kier alpha value is -1.66. The number of rotatable bonds is 2. The van der Waals surface area contributed by atoms with Crippen LogP contribution in [0.1, 0.15) is 23.3 Å². The molecule has 2 aliphatic heterocycles. The summed E-state index contributed by atoms with van der Waals surface area (Å²) in [5.74, 6) is 0.442. The van der Waals surface area contributed by atoms with Crippen molar-refractivity contribution < 1.29 is 9.90 Å². The molecular weight excluding hydrogens is 256 g/mol. The largest absolute Gasteiger partial charge is 0.389 e. The van der Waals surface area contributed by atoms with E-state index in [1.165, 1.54) is 0 Å². The van der Waals surface area contributed by atoms with Gasteiger partial charge in [0.15, 0.2) is 0 Å². The van der Waals surface area contributed by atoms with Gasteiger partial charge in [0.1, 0.15) is 11.5 Å². The number of hydrogen-bond donors (Lipinski definition) is 3. The molecule has 4 N–H and O–H groups in total. The van der Waals surface area contributed by atoms with Gasteiger partial charge in [0.2, 0.25) is 0 Å². The maximum atomic E-state index is 11.2. The van der Waals surface area contributed by atoms with Crippen molar-refractivity contribution in [1.82, 2.24) is 10.3 Å². The number of nitrogens with one attached hydrogen (secondary N) is 1. The third-order valence-corrected chi connectivity index (χ3v) is 4.45. The van der Waals surface area contributed by atoms with E-state index >= 15 is 0 Å². The second kappa shape index (κ2) is 5.03. The van der Waals surface area contributed by atoms with Crippen molar-refractivity contribution in [2.75, 3.05) is 31.1 Å². The zero-order valence-electron chi connectivity index (χ0n) is 11.4. The maximum Gasteiger partial charge on any atom is 0.267 e. The number of aromatic nitrogens is 1. The summed E-state index contributed by atoms with van der Waals surface area (Å²) < 4.78 is 0. The minimum Gasteiger partial charge on any atom is -0.389 e. The lowest BCUT2D eigenvalue weighted by Crippen LogP contribution is -2.59. The molecule has 6 heteroatoms. The molecule has 0 saturated carbocycles. The topological polar surface area (TPSA) is 91.5 Å². The Balaban J connectivity index is 1.79. The number of fused-ring (bicyclic) bond motifs is 1. The maximum absolute atomic E-state index is 11.2. The fourth-order valence-corrected chi connectivity index (χ4v) is 3.17. The molecule has 2 atom stereocenters. The minimum atomic E-state index is -0.553. The minimum absolute atomic E-state index is 0.198. The predicted octanol–water partition coefficient (Wildman–Crippen LogP) is -0.269. The average molecular weight is 276 g/mol. The quantitative estimate of drug-likeness (QED) is 0.692. The average Bonchev–Trinajstić information content (AvgIpc) is 2.46. The molecule has 0 spiro atoms. The van der Waals surface area contributed by atoms with Gasteiger partial charge in [-0.05, 0) is 31.5 Å². The molecule has 0 bridgehead atoms. The summed E-state index contributed by atoms with van der Waals surface area (Å²) in [7, 11) is 0. The van der Waals surface area contributed by atoms with Crippen LogP contribution in [0.5, 0.6) is 0 Å². The van der Waals surface area contributed by atoms with Crippen molar-refractivity contribution in [3.63, 3.8) is 0 Å². The molecule has 1 aromatic rings. The molecule has 6 nitrogen and oxygen atoms in total. The monoisotopic (exact) mass is 276 g/mol. The molecule has 0 radical (unpaired) electrons. The molecular formula is C14H20N4O2. The molecule has 3 heterocycles. The van der Waals surface area contributed by atoms with Crippen LogP contribution in [0.15, 0.2) is 18.2 Å². The highest BCUT2D eigenvalue weighted by molar-refractivity contribution is 5.91. The van der Waals surface area contributed by atoms with Crippen LogP contribution in [0, 0.1) is 5.92 Å². The molecule has 2 fully saturated rings. The van der Waals surface area contributed by atoms with E-state index in [-0.39, 0.29) is 11.6 Å². The third kappa shape index (κ3) is 2.36. The summed E-state index contributed by atoms with van der Waals surface area (Å²) in [4.78, 5) is 17.6. The number of amides is 1. The molecule has 20 heavy (non-hydrogen) atoms. The molecule has 1 amide bonds. The fourth-order valence-electron chi connectivity index (χ4n) is 3.17. The highest BCUT2D eigenvalue weighted by Gasteiger charge is 2.43. The van der Waals surface area contributed by atoms with Crippen molar-refractivity contribution >= 4 is 11.7 Å². The normalized spacial score (nSPS) is 29.9. The van der Waals surface area contributed by atoms with Crippen molar-refractivity contribution in [2.45, 2.75) is 18.4 Å². The number of nitrogens with two attached hydrogens (primary N) is 1. The first-order chi connectivity index (χ1) is 9.58. The van der Waals surface area contributed by atoms with E-state index in [9.17, 15) is 9.90 Å². The number of piperidine rings is 2. The number of nitrogens with zero attached hydrogens (tertiary/aromatic N) is 2. The van der Waals surface area contributed by atoms with Gasteiger partial charge in [-0.25, -0.2) is 4.98 Å². The molecule has 0 unspecified atom stereocenters. The van der Waals surface area contributed by atoms with E-state index < -0.39 is 11.5 Å². The molecule has 108 valence electrons. The van der Waals surface area contributed by atoms with Crippen molar-refractivity contribution in [1.29, 1.82) is 0 Å². The SMILES string of the molecule is NC(=O)c1cccc(N2CC[C@@]3(O)CCNC[C@H]3C2)n1. The molecule has 1 aromatic heterocycles. The lowest BCUT2D eigenvalue weighted by Gasteiger charge is -2.47. The van der Waals surface area contributed by atoms with Gasteiger partial charge in [0.05, 0.1) is 5.60 Å². The van der Waals surface area contributed by atoms with Crippen LogP contribution >= 0.6 is 0 Å². The predicted molar refractivity (Wildman–Crippen MR) is 75.5 cm³/mol. The Morgan fingerprint density at radius 1 is 1.50 bits per heavy atom. The van der Waals surface area contributed by atoms with Crippen LogP contribution in [0.25, 0.3) is 0 Å². The Labute approximate surface area is 118 Å². The zero-order chi connectivity index (χ0) is 14.2. The number of primary amides is 1. The summed E-state index contributed by atoms with van der Waals surface area (Å²) >= 11 is 0. The standard InChI is InChI=1S/C14H20N4O2/c15-13(19)11-2-1-3-12(17-11)18-7-5-14(20)4-6-16-8-10(14)9-18/h1-3,10,16,20H,4-9H2,(H2,15,19)/t10-,14-/m0/s1. The van der Waals surface area contributed by atoms with Gasteiger partial charge >= 0.3 is 0 Å². The van der Waals surface area contributed by atoms with E-state index in [1.807, 2.05) is 6.07 Å². The molecule has 2 aliphatic rings. The van der Waals surface area contributed by atoms with Crippen molar-refractivity contribution in [2.24, 2.45) is 11.7 Å². The van der Waals surface area contributed by atoms with Gasteiger partial charge < -0.3 is 21.1 Å². The third-order valence-electron chi connectivity index (χ3n) is 4.45. The summed E-state index contributed by atoms with van der Waals surface area (Å²) in [5.41, 5.74) is 5.00. The number of pyridine rings is 1. The second-order valence-corrected chi connectivity index (χ2v) is 5.70. The van der Waals surface area contributed by atoms with Gasteiger partial charge in [-0.15, -0.1) is 0 Å². The summed E-state index contributed by atoms with van der Waals surface area (Å²) in [5, 5.41) is 14.0. The Morgan fingerprint density at radius 2 is 2.35 bits per heavy atom. The van der Waals surface area contributed by atoms with Crippen LogP contribution in [0.4, 0.5) is 5.82 Å². The van der Waals surface area contributed by atoms with Crippen LogP contribution in [-0.2, 0) is 0 Å². The van der Waals surface area contributed by atoms with Crippen molar-refractivity contribution in [3.05, 3.63) is 23.9 Å². The first-order valence-electron chi connectivity index (χ1n) is 7.03. The first-order valence-corrected chi connectivity index (χ1v) is 7.03. The van der Waals surface area contributed by atoms with Crippen LogP contribution in [0.3, 0.4) is 0 Å². The molecule has 0 aromatic carbocycles. The van der Waals surface area contributed by atoms with Gasteiger partial charge in [-0.3, -0.25) is 4.79 Å². The van der Waals surface area contributed by atoms with Gasteiger partial charge in [-0.2, -0.15) is 0 Å². The highest BCUT2D eigenvalue weighted by Crippen LogP contribution is 2.34. The lowest BCUT2D eigenvalue weighted by molar-refractivity contribution is -0.0539. The molecule has 2 saturated heterocycles. The Morgan fingerprint density at radius 3 is 3.15 bits per heavy atom. The Kier molecular flexibility index (Phi) is 3.35. The van der Waals surface area contributed by atoms with E-state index in [4.69, 9.17) is 5.73 Å². The summed E-state index contributed by atoms with van der Waals surface area (Å²) in [6.07, 6.45) is 1.54. The molecule has 3 rings (SSSR count). The van der Waals surface area contributed by atoms with Gasteiger partial charge in [0.25, 0.3) is 5.91 Å². The van der Waals surface area contributed by atoms with E-state index in [2.05, 4.69) is 15.2 Å². The highest BCUT2D eigenvalue weighted by atomic mass is 16.3.